The minimum absolute atomic E-state index is 0.436. The van der Waals surface area contributed by atoms with E-state index in [4.69, 9.17) is 14.6 Å². The molecule has 0 saturated heterocycles. The Balaban J connectivity index is 3.21. The second-order valence-corrected chi connectivity index (χ2v) is 4.95. The van der Waals surface area contributed by atoms with Gasteiger partial charge in [-0.05, 0) is 46.5 Å². The summed E-state index contributed by atoms with van der Waals surface area (Å²) in [5.41, 5.74) is 1.91. The van der Waals surface area contributed by atoms with E-state index in [1.807, 2.05) is 13.0 Å². The minimum Gasteiger partial charge on any atom is -0.493 e. The van der Waals surface area contributed by atoms with Crippen molar-refractivity contribution in [2.75, 3.05) is 14.2 Å². The lowest BCUT2D eigenvalue weighted by molar-refractivity contribution is -0.141. The van der Waals surface area contributed by atoms with E-state index < -0.39 is 11.9 Å². The first-order valence-corrected chi connectivity index (χ1v) is 6.34. The molecule has 1 N–H and O–H groups in total. The van der Waals surface area contributed by atoms with Crippen LogP contribution < -0.4 is 9.47 Å². The van der Waals surface area contributed by atoms with E-state index in [1.54, 1.807) is 21.1 Å². The highest BCUT2D eigenvalue weighted by atomic mass is 79.9. The van der Waals surface area contributed by atoms with E-state index in [1.165, 1.54) is 0 Å². The monoisotopic (exact) mass is 316 g/mol. The number of carboxylic acid groups (broad SMARTS) is 1. The average molecular weight is 317 g/mol. The predicted octanol–water partition coefficient (Wildman–Crippen LogP) is 3.04. The Morgan fingerprint density at radius 2 is 2.06 bits per heavy atom. The number of hydrogen-bond acceptors (Lipinski definition) is 3. The van der Waals surface area contributed by atoms with Gasteiger partial charge in [-0.1, -0.05) is 6.92 Å². The molecule has 1 aromatic rings. The number of ether oxygens (including phenoxy) is 2. The maximum Gasteiger partial charge on any atom is 0.306 e. The van der Waals surface area contributed by atoms with Gasteiger partial charge in [0, 0.05) is 0 Å². The summed E-state index contributed by atoms with van der Waals surface area (Å²) in [7, 11) is 3.13. The molecule has 1 aromatic carbocycles. The highest BCUT2D eigenvalue weighted by Crippen LogP contribution is 2.39. The van der Waals surface area contributed by atoms with Crippen LogP contribution in [0.4, 0.5) is 0 Å². The molecule has 0 spiro atoms. The van der Waals surface area contributed by atoms with Crippen LogP contribution in [0.15, 0.2) is 10.5 Å². The quantitative estimate of drug-likeness (QED) is 0.907. The molecule has 0 saturated carbocycles. The first-order valence-electron chi connectivity index (χ1n) is 5.55. The lowest BCUT2D eigenvalue weighted by Gasteiger charge is -2.16. The Bertz CT molecular complexity index is 457. The molecule has 100 valence electrons. The van der Waals surface area contributed by atoms with Crippen molar-refractivity contribution >= 4 is 21.9 Å². The van der Waals surface area contributed by atoms with Crippen molar-refractivity contribution in [1.29, 1.82) is 0 Å². The summed E-state index contributed by atoms with van der Waals surface area (Å²) in [5.74, 6) is -0.0155. The van der Waals surface area contributed by atoms with Gasteiger partial charge in [0.2, 0.25) is 0 Å². The molecule has 5 heteroatoms. The van der Waals surface area contributed by atoms with Gasteiger partial charge in [-0.25, -0.2) is 0 Å². The van der Waals surface area contributed by atoms with Gasteiger partial charge in [0.25, 0.3) is 0 Å². The van der Waals surface area contributed by atoms with E-state index in [2.05, 4.69) is 15.9 Å². The van der Waals surface area contributed by atoms with E-state index in [0.717, 1.165) is 15.6 Å². The molecule has 0 aromatic heterocycles. The first kappa shape index (κ1) is 14.8. The van der Waals surface area contributed by atoms with E-state index in [0.29, 0.717) is 17.9 Å². The molecule has 1 atom stereocenters. The summed E-state index contributed by atoms with van der Waals surface area (Å²) < 4.78 is 11.3. The van der Waals surface area contributed by atoms with Gasteiger partial charge in [0.15, 0.2) is 11.5 Å². The molecular weight excluding hydrogens is 300 g/mol. The zero-order chi connectivity index (χ0) is 13.9. The lowest BCUT2D eigenvalue weighted by Crippen LogP contribution is -2.13. The molecule has 0 radical (unpaired) electrons. The Labute approximate surface area is 115 Å². The molecule has 18 heavy (non-hydrogen) atoms. The maximum absolute atomic E-state index is 10.9. The van der Waals surface area contributed by atoms with Crippen molar-refractivity contribution in [3.8, 4) is 11.5 Å². The van der Waals surface area contributed by atoms with Gasteiger partial charge < -0.3 is 14.6 Å². The van der Waals surface area contributed by atoms with Gasteiger partial charge in [-0.15, -0.1) is 0 Å². The Hall–Kier alpha value is -1.23. The fraction of sp³-hybridized carbons (Fsp3) is 0.462. The van der Waals surface area contributed by atoms with Crippen LogP contribution in [0.1, 0.15) is 18.1 Å². The largest absolute Gasteiger partial charge is 0.493 e. The third-order valence-electron chi connectivity index (χ3n) is 2.91. The van der Waals surface area contributed by atoms with Crippen molar-refractivity contribution in [2.45, 2.75) is 20.3 Å². The molecule has 0 aliphatic rings. The molecule has 0 aliphatic carbocycles. The number of aliphatic carboxylic acids is 1. The average Bonchev–Trinajstić information content (AvgIpc) is 2.34. The Kier molecular flexibility index (Phi) is 5.02. The number of benzene rings is 1. The van der Waals surface area contributed by atoms with Gasteiger partial charge in [0.05, 0.1) is 24.6 Å². The smallest absolute Gasteiger partial charge is 0.306 e. The molecule has 0 bridgehead atoms. The maximum atomic E-state index is 10.9. The SMILES string of the molecule is COc1cc(CC(C)C(=O)O)c(C)c(Br)c1OC. The van der Waals surface area contributed by atoms with Crippen molar-refractivity contribution in [1.82, 2.24) is 0 Å². The molecular formula is C13H17BrO4. The van der Waals surface area contributed by atoms with Crippen LogP contribution in [0.5, 0.6) is 11.5 Å². The van der Waals surface area contributed by atoms with Crippen molar-refractivity contribution in [3.63, 3.8) is 0 Å². The van der Waals surface area contributed by atoms with Crippen LogP contribution in [0.2, 0.25) is 0 Å². The normalized spacial score (nSPS) is 12.1. The fourth-order valence-electron chi connectivity index (χ4n) is 1.72. The van der Waals surface area contributed by atoms with Crippen LogP contribution >= 0.6 is 15.9 Å². The number of methoxy groups -OCH3 is 2. The summed E-state index contributed by atoms with van der Waals surface area (Å²) in [6.45, 7) is 3.61. The molecule has 0 heterocycles. The molecule has 1 rings (SSSR count). The Morgan fingerprint density at radius 3 is 2.50 bits per heavy atom. The lowest BCUT2D eigenvalue weighted by atomic mass is 9.97. The standard InChI is InChI=1S/C13H17BrO4/c1-7(13(15)16)5-9-6-10(17-3)12(18-4)11(14)8(9)2/h6-7H,5H2,1-4H3,(H,15,16). The number of carboxylic acids is 1. The molecule has 1 unspecified atom stereocenters. The zero-order valence-electron chi connectivity index (χ0n) is 10.9. The predicted molar refractivity (Wildman–Crippen MR) is 72.5 cm³/mol. The van der Waals surface area contributed by atoms with Crippen LogP contribution in [0, 0.1) is 12.8 Å². The van der Waals surface area contributed by atoms with E-state index in [-0.39, 0.29) is 0 Å². The number of carbonyl (C=O) groups is 1. The highest BCUT2D eigenvalue weighted by Gasteiger charge is 2.19. The number of halogens is 1. The van der Waals surface area contributed by atoms with Crippen LogP contribution in [0.3, 0.4) is 0 Å². The second-order valence-electron chi connectivity index (χ2n) is 4.15. The summed E-state index contributed by atoms with van der Waals surface area (Å²) in [4.78, 5) is 10.9. The minimum atomic E-state index is -0.805. The van der Waals surface area contributed by atoms with Crippen LogP contribution in [0.25, 0.3) is 0 Å². The highest BCUT2D eigenvalue weighted by molar-refractivity contribution is 9.10. The number of rotatable bonds is 5. The molecule has 0 fully saturated rings. The van der Waals surface area contributed by atoms with Crippen molar-refractivity contribution in [2.24, 2.45) is 5.92 Å². The van der Waals surface area contributed by atoms with Crippen LogP contribution in [-0.2, 0) is 11.2 Å². The van der Waals surface area contributed by atoms with Gasteiger partial charge >= 0.3 is 5.97 Å². The van der Waals surface area contributed by atoms with Crippen molar-refractivity contribution in [3.05, 3.63) is 21.7 Å². The molecule has 0 amide bonds. The summed E-state index contributed by atoms with van der Waals surface area (Å²) in [5, 5.41) is 8.96. The molecule has 0 aliphatic heterocycles. The number of hydrogen-bond donors (Lipinski definition) is 1. The topological polar surface area (TPSA) is 55.8 Å². The summed E-state index contributed by atoms with van der Waals surface area (Å²) >= 11 is 3.46. The second kappa shape index (κ2) is 6.09. The van der Waals surface area contributed by atoms with Gasteiger partial charge in [-0.2, -0.15) is 0 Å². The van der Waals surface area contributed by atoms with Gasteiger partial charge in [-0.3, -0.25) is 4.79 Å². The summed E-state index contributed by atoms with van der Waals surface area (Å²) in [6.07, 6.45) is 0.458. The van der Waals surface area contributed by atoms with Crippen molar-refractivity contribution < 1.29 is 19.4 Å². The van der Waals surface area contributed by atoms with Crippen LogP contribution in [-0.4, -0.2) is 25.3 Å². The zero-order valence-corrected chi connectivity index (χ0v) is 12.5. The Morgan fingerprint density at radius 1 is 1.44 bits per heavy atom. The van der Waals surface area contributed by atoms with E-state index >= 15 is 0 Å². The van der Waals surface area contributed by atoms with E-state index in [9.17, 15) is 4.79 Å². The first-order chi connectivity index (χ1) is 8.42. The third kappa shape index (κ3) is 2.96. The fourth-order valence-corrected chi connectivity index (χ4v) is 2.33. The summed E-state index contributed by atoms with van der Waals surface area (Å²) in [6, 6.07) is 1.83. The third-order valence-corrected chi connectivity index (χ3v) is 3.87. The van der Waals surface area contributed by atoms with Gasteiger partial charge in [0.1, 0.15) is 0 Å². The molecule has 4 nitrogen and oxygen atoms in total.